The smallest absolute Gasteiger partial charge is 0.338 e. The minimum atomic E-state index is -0.565. The zero-order valence-electron chi connectivity index (χ0n) is 27.8. The maximum atomic E-state index is 12.9. The standard InChI is InChI=1S/C36H42FN7O4/c1-36(2,3)48-35(45)26-7-8-29-31(18-26)43(21-27-11-16-46-27)33(40-29)22-42-13-9-25(10-14-42)28-5-4-6-34(41-28)47-23-24-17-32-30(38-19-24)20-39-44(32)15-12-37/h4-8,17-20,25,27H,9-16,21-23H2,1-3H3. The first-order chi connectivity index (χ1) is 23.2. The summed E-state index contributed by atoms with van der Waals surface area (Å²) in [6, 6.07) is 13.5. The molecule has 252 valence electrons. The molecule has 5 aromatic rings. The van der Waals surface area contributed by atoms with Crippen LogP contribution in [0.25, 0.3) is 22.1 Å². The molecule has 0 radical (unpaired) electrons. The van der Waals surface area contributed by atoms with Gasteiger partial charge in [0.05, 0.1) is 54.0 Å². The zero-order valence-corrected chi connectivity index (χ0v) is 27.8. The Hall–Kier alpha value is -4.42. The van der Waals surface area contributed by atoms with Crippen LogP contribution >= 0.6 is 0 Å². The maximum absolute atomic E-state index is 12.9. The molecular formula is C36H42FN7O4. The predicted octanol–water partition coefficient (Wildman–Crippen LogP) is 5.85. The van der Waals surface area contributed by atoms with E-state index in [0.717, 1.165) is 84.7 Å². The molecule has 1 aromatic carbocycles. The van der Waals surface area contributed by atoms with Crippen LogP contribution in [-0.4, -0.2) is 78.2 Å². The van der Waals surface area contributed by atoms with E-state index in [1.807, 2.05) is 51.1 Å². The van der Waals surface area contributed by atoms with Crippen LogP contribution in [0.5, 0.6) is 5.88 Å². The molecule has 0 spiro atoms. The van der Waals surface area contributed by atoms with Gasteiger partial charge in [0.2, 0.25) is 5.88 Å². The molecule has 11 nitrogen and oxygen atoms in total. The van der Waals surface area contributed by atoms with Crippen LogP contribution in [0.2, 0.25) is 0 Å². The Morgan fingerprint density at radius 3 is 2.60 bits per heavy atom. The monoisotopic (exact) mass is 655 g/mol. The molecule has 1 atom stereocenters. The lowest BCUT2D eigenvalue weighted by Crippen LogP contribution is -2.35. The van der Waals surface area contributed by atoms with E-state index in [1.54, 1.807) is 23.1 Å². The van der Waals surface area contributed by atoms with Gasteiger partial charge in [0.1, 0.15) is 30.2 Å². The third kappa shape index (κ3) is 7.19. The van der Waals surface area contributed by atoms with Crippen LogP contribution in [0.15, 0.2) is 54.9 Å². The van der Waals surface area contributed by atoms with Gasteiger partial charge in [-0.15, -0.1) is 0 Å². The topological polar surface area (TPSA) is 109 Å². The molecule has 1 unspecified atom stereocenters. The summed E-state index contributed by atoms with van der Waals surface area (Å²) < 4.78 is 34.3. The van der Waals surface area contributed by atoms with E-state index < -0.39 is 12.3 Å². The van der Waals surface area contributed by atoms with E-state index in [9.17, 15) is 9.18 Å². The first kappa shape index (κ1) is 32.1. The molecule has 2 aliphatic rings. The molecule has 2 fully saturated rings. The third-order valence-electron chi connectivity index (χ3n) is 8.99. The molecule has 0 bridgehead atoms. The summed E-state index contributed by atoms with van der Waals surface area (Å²) in [5.41, 5.74) is 5.19. The third-order valence-corrected chi connectivity index (χ3v) is 8.99. The number of esters is 1. The van der Waals surface area contributed by atoms with Crippen molar-refractivity contribution in [1.82, 2.24) is 34.2 Å². The summed E-state index contributed by atoms with van der Waals surface area (Å²) in [5.74, 6) is 1.55. The number of carbonyl (C=O) groups excluding carboxylic acids is 1. The molecule has 0 N–H and O–H groups in total. The fourth-order valence-electron chi connectivity index (χ4n) is 6.41. The fraction of sp³-hybridized carbons (Fsp3) is 0.472. The van der Waals surface area contributed by atoms with E-state index in [4.69, 9.17) is 24.2 Å². The number of imidazole rings is 1. The van der Waals surface area contributed by atoms with Gasteiger partial charge in [-0.25, -0.2) is 19.2 Å². The zero-order chi connectivity index (χ0) is 33.3. The van der Waals surface area contributed by atoms with Crippen LogP contribution in [0.3, 0.4) is 0 Å². The highest BCUT2D eigenvalue weighted by atomic mass is 19.1. The Labute approximate surface area is 279 Å². The highest BCUT2D eigenvalue weighted by Crippen LogP contribution is 2.30. The quantitative estimate of drug-likeness (QED) is 0.162. The van der Waals surface area contributed by atoms with E-state index in [-0.39, 0.29) is 18.6 Å². The Bertz CT molecular complexity index is 1900. The average molecular weight is 656 g/mol. The van der Waals surface area contributed by atoms with E-state index in [2.05, 4.69) is 25.6 Å². The van der Waals surface area contributed by atoms with Gasteiger partial charge in [-0.05, 0) is 83.5 Å². The molecule has 6 heterocycles. The number of piperidine rings is 1. The summed E-state index contributed by atoms with van der Waals surface area (Å²) >= 11 is 0. The number of fused-ring (bicyclic) bond motifs is 2. The van der Waals surface area contributed by atoms with E-state index >= 15 is 0 Å². The number of hydrogen-bond donors (Lipinski definition) is 0. The second-order valence-corrected chi connectivity index (χ2v) is 13.7. The lowest BCUT2D eigenvalue weighted by molar-refractivity contribution is -0.0592. The van der Waals surface area contributed by atoms with Crippen molar-refractivity contribution in [3.63, 3.8) is 0 Å². The number of hydrogen-bond acceptors (Lipinski definition) is 9. The molecule has 7 rings (SSSR count). The molecule has 2 aliphatic heterocycles. The van der Waals surface area contributed by atoms with Crippen molar-refractivity contribution in [2.24, 2.45) is 0 Å². The number of aromatic nitrogens is 6. The van der Waals surface area contributed by atoms with Crippen LogP contribution in [-0.2, 0) is 35.7 Å². The average Bonchev–Trinajstić information content (AvgIpc) is 3.61. The lowest BCUT2D eigenvalue weighted by Gasteiger charge is -2.32. The summed E-state index contributed by atoms with van der Waals surface area (Å²) in [4.78, 5) is 29.6. The van der Waals surface area contributed by atoms with Gasteiger partial charge in [0.25, 0.3) is 0 Å². The van der Waals surface area contributed by atoms with Crippen molar-refractivity contribution in [3.8, 4) is 5.88 Å². The van der Waals surface area contributed by atoms with Gasteiger partial charge in [-0.2, -0.15) is 5.10 Å². The molecular weight excluding hydrogens is 613 g/mol. The molecule has 0 aliphatic carbocycles. The van der Waals surface area contributed by atoms with Gasteiger partial charge >= 0.3 is 5.97 Å². The SMILES string of the molecule is CC(C)(C)OC(=O)c1ccc2nc(CN3CCC(c4cccc(OCc5cnc6cnn(CCF)c6c5)n4)CC3)n(CC3CCO3)c2c1. The Balaban J connectivity index is 0.997. The number of benzene rings is 1. The number of aryl methyl sites for hydroxylation is 1. The van der Waals surface area contributed by atoms with Gasteiger partial charge in [0, 0.05) is 36.0 Å². The minimum Gasteiger partial charge on any atom is -0.473 e. The van der Waals surface area contributed by atoms with Crippen molar-refractivity contribution in [3.05, 3.63) is 77.5 Å². The lowest BCUT2D eigenvalue weighted by atomic mass is 9.93. The summed E-state index contributed by atoms with van der Waals surface area (Å²) in [6.07, 6.45) is 6.54. The van der Waals surface area contributed by atoms with Crippen molar-refractivity contribution < 1.29 is 23.4 Å². The number of alkyl halides is 1. The summed E-state index contributed by atoms with van der Waals surface area (Å²) in [5, 5.41) is 4.22. The number of rotatable bonds is 11. The molecule has 2 saturated heterocycles. The Morgan fingerprint density at radius 1 is 1.02 bits per heavy atom. The number of nitrogens with zero attached hydrogens (tertiary/aromatic N) is 7. The second kappa shape index (κ2) is 13.6. The van der Waals surface area contributed by atoms with Gasteiger partial charge in [0.15, 0.2) is 0 Å². The Morgan fingerprint density at radius 2 is 1.85 bits per heavy atom. The van der Waals surface area contributed by atoms with Crippen molar-refractivity contribution in [1.29, 1.82) is 0 Å². The predicted molar refractivity (Wildman–Crippen MR) is 179 cm³/mol. The minimum absolute atomic E-state index is 0.154. The van der Waals surface area contributed by atoms with E-state index in [0.29, 0.717) is 30.5 Å². The number of carbonyl (C=O) groups is 1. The molecule has 48 heavy (non-hydrogen) atoms. The first-order valence-corrected chi connectivity index (χ1v) is 16.7. The molecule has 0 saturated carbocycles. The highest BCUT2D eigenvalue weighted by molar-refractivity contribution is 5.94. The van der Waals surface area contributed by atoms with Gasteiger partial charge in [-0.1, -0.05) is 6.07 Å². The normalized spacial score (nSPS) is 17.5. The molecule has 12 heteroatoms. The highest BCUT2D eigenvalue weighted by Gasteiger charge is 2.27. The number of ether oxygens (including phenoxy) is 3. The van der Waals surface area contributed by atoms with Crippen LogP contribution in [0, 0.1) is 0 Å². The van der Waals surface area contributed by atoms with Crippen molar-refractivity contribution in [2.75, 3.05) is 26.4 Å². The molecule has 0 amide bonds. The van der Waals surface area contributed by atoms with Crippen LogP contribution < -0.4 is 4.74 Å². The number of pyridine rings is 2. The number of halogens is 1. The summed E-state index contributed by atoms with van der Waals surface area (Å²) in [6.45, 7) is 9.70. The van der Waals surface area contributed by atoms with Crippen LogP contribution in [0.1, 0.15) is 73.4 Å². The van der Waals surface area contributed by atoms with Crippen LogP contribution in [0.4, 0.5) is 4.39 Å². The fourth-order valence-corrected chi connectivity index (χ4v) is 6.41. The van der Waals surface area contributed by atoms with E-state index in [1.165, 1.54) is 0 Å². The first-order valence-electron chi connectivity index (χ1n) is 16.7. The maximum Gasteiger partial charge on any atom is 0.338 e. The van der Waals surface area contributed by atoms with Gasteiger partial charge < -0.3 is 18.8 Å². The Kier molecular flexibility index (Phi) is 9.11. The van der Waals surface area contributed by atoms with Crippen molar-refractivity contribution in [2.45, 2.75) is 83.9 Å². The largest absolute Gasteiger partial charge is 0.473 e. The van der Waals surface area contributed by atoms with Crippen molar-refractivity contribution >= 4 is 28.0 Å². The number of likely N-dealkylation sites (tertiary alicyclic amines) is 1. The second-order valence-electron chi connectivity index (χ2n) is 13.7. The molecule has 4 aromatic heterocycles. The van der Waals surface area contributed by atoms with Gasteiger partial charge in [-0.3, -0.25) is 14.6 Å². The summed E-state index contributed by atoms with van der Waals surface area (Å²) in [7, 11) is 0.